The van der Waals surface area contributed by atoms with Gasteiger partial charge in [0.05, 0.1) is 6.61 Å². The van der Waals surface area contributed by atoms with E-state index >= 15 is 0 Å². The van der Waals surface area contributed by atoms with E-state index < -0.39 is 0 Å². The molecule has 0 bridgehead atoms. The van der Waals surface area contributed by atoms with E-state index in [1.54, 1.807) is 0 Å². The van der Waals surface area contributed by atoms with Crippen LogP contribution in [0, 0.1) is 5.82 Å². The molecule has 3 nitrogen and oxygen atoms in total. The van der Waals surface area contributed by atoms with Crippen LogP contribution in [0.1, 0.15) is 22.8 Å². The highest BCUT2D eigenvalue weighted by Gasteiger charge is 2.18. The van der Waals surface area contributed by atoms with Crippen LogP contribution in [0.25, 0.3) is 6.08 Å². The number of ether oxygens (including phenoxy) is 1. The van der Waals surface area contributed by atoms with Crippen LogP contribution >= 0.6 is 0 Å². The minimum Gasteiger partial charge on any atom is -0.367 e. The molecule has 0 amide bonds. The van der Waals surface area contributed by atoms with Crippen molar-refractivity contribution in [2.75, 3.05) is 45.9 Å². The SMILES string of the molecule is Fc1ccc(C(OCCN2CCN(CC=Cc3ccccc3)CC2)c2ccccc2)cc1. The summed E-state index contributed by atoms with van der Waals surface area (Å²) in [5.41, 5.74) is 3.32. The molecule has 1 aliphatic heterocycles. The first kappa shape index (κ1) is 22.4. The van der Waals surface area contributed by atoms with E-state index in [9.17, 15) is 4.39 Å². The maximum atomic E-state index is 13.4. The van der Waals surface area contributed by atoms with Gasteiger partial charge in [-0.1, -0.05) is 84.9 Å². The lowest BCUT2D eigenvalue weighted by Gasteiger charge is -2.34. The molecule has 1 unspecified atom stereocenters. The Morgan fingerprint density at radius 3 is 2.03 bits per heavy atom. The van der Waals surface area contributed by atoms with Crippen LogP contribution < -0.4 is 0 Å². The molecule has 4 heteroatoms. The van der Waals surface area contributed by atoms with E-state index in [0.29, 0.717) is 6.61 Å². The molecule has 0 aliphatic carbocycles. The molecule has 4 rings (SSSR count). The zero-order valence-electron chi connectivity index (χ0n) is 18.4. The quantitative estimate of drug-likeness (QED) is 0.460. The van der Waals surface area contributed by atoms with Crippen LogP contribution in [0.15, 0.2) is 91.0 Å². The van der Waals surface area contributed by atoms with Crippen LogP contribution in [0.5, 0.6) is 0 Å². The number of halogens is 1. The fraction of sp³-hybridized carbons (Fsp3) is 0.286. The summed E-state index contributed by atoms with van der Waals surface area (Å²) in [5, 5.41) is 0. The van der Waals surface area contributed by atoms with Crippen LogP contribution in [-0.4, -0.2) is 55.7 Å². The normalized spacial score (nSPS) is 16.4. The van der Waals surface area contributed by atoms with Gasteiger partial charge in [0, 0.05) is 39.3 Å². The monoisotopic (exact) mass is 430 g/mol. The Kier molecular flexibility index (Phi) is 8.21. The lowest BCUT2D eigenvalue weighted by atomic mass is 10.0. The molecule has 1 aliphatic rings. The lowest BCUT2D eigenvalue weighted by molar-refractivity contribution is 0.0467. The summed E-state index contributed by atoms with van der Waals surface area (Å²) in [4.78, 5) is 4.95. The fourth-order valence-corrected chi connectivity index (χ4v) is 4.05. The molecule has 0 saturated carbocycles. The van der Waals surface area contributed by atoms with Gasteiger partial charge < -0.3 is 4.74 Å². The second-order valence-electron chi connectivity index (χ2n) is 8.17. The maximum absolute atomic E-state index is 13.4. The third-order valence-electron chi connectivity index (χ3n) is 5.91. The second kappa shape index (κ2) is 11.7. The van der Waals surface area contributed by atoms with E-state index in [-0.39, 0.29) is 11.9 Å². The highest BCUT2D eigenvalue weighted by molar-refractivity contribution is 5.48. The Bertz CT molecular complexity index is 952. The molecule has 32 heavy (non-hydrogen) atoms. The average Bonchev–Trinajstić information content (AvgIpc) is 2.85. The van der Waals surface area contributed by atoms with E-state index in [0.717, 1.165) is 50.4 Å². The van der Waals surface area contributed by atoms with Crippen LogP contribution in [0.4, 0.5) is 4.39 Å². The van der Waals surface area contributed by atoms with Gasteiger partial charge in [0.25, 0.3) is 0 Å². The minimum atomic E-state index is -0.225. The van der Waals surface area contributed by atoms with Gasteiger partial charge in [-0.25, -0.2) is 4.39 Å². The molecule has 0 spiro atoms. The molecule has 1 saturated heterocycles. The fourth-order valence-electron chi connectivity index (χ4n) is 4.05. The summed E-state index contributed by atoms with van der Waals surface area (Å²) in [6.07, 6.45) is 4.27. The third-order valence-corrected chi connectivity index (χ3v) is 5.91. The van der Waals surface area contributed by atoms with Crippen molar-refractivity contribution in [3.05, 3.63) is 114 Å². The molecular formula is C28H31FN2O. The number of piperazine rings is 1. The number of benzene rings is 3. The number of hydrogen-bond donors (Lipinski definition) is 0. The van der Waals surface area contributed by atoms with Crippen molar-refractivity contribution >= 4 is 6.08 Å². The first-order valence-corrected chi connectivity index (χ1v) is 11.4. The second-order valence-corrected chi connectivity index (χ2v) is 8.17. The Morgan fingerprint density at radius 1 is 0.750 bits per heavy atom. The van der Waals surface area contributed by atoms with E-state index in [2.05, 4.69) is 58.4 Å². The van der Waals surface area contributed by atoms with Gasteiger partial charge >= 0.3 is 0 Å². The molecule has 3 aromatic carbocycles. The molecule has 1 atom stereocenters. The minimum absolute atomic E-state index is 0.179. The summed E-state index contributed by atoms with van der Waals surface area (Å²) in [6, 6.07) is 27.2. The van der Waals surface area contributed by atoms with Gasteiger partial charge in [0.2, 0.25) is 0 Å². The Labute approximate surface area is 190 Å². The van der Waals surface area contributed by atoms with Gasteiger partial charge in [0.1, 0.15) is 11.9 Å². The summed E-state index contributed by atoms with van der Waals surface area (Å²) >= 11 is 0. The molecule has 0 radical (unpaired) electrons. The molecule has 0 aromatic heterocycles. The highest BCUT2D eigenvalue weighted by Crippen LogP contribution is 2.26. The van der Waals surface area contributed by atoms with Gasteiger partial charge in [0.15, 0.2) is 0 Å². The molecular weight excluding hydrogens is 399 g/mol. The standard InChI is InChI=1S/C28H31FN2O/c29-27-15-13-26(14-16-27)28(25-11-5-2-6-12-25)32-23-22-31-20-18-30(19-21-31)17-7-10-24-8-3-1-4-9-24/h1-16,28H,17-23H2. The van der Waals surface area contributed by atoms with Crippen LogP contribution in [0.3, 0.4) is 0 Å². The lowest BCUT2D eigenvalue weighted by Crippen LogP contribution is -2.47. The Hall–Kier alpha value is -2.79. The van der Waals surface area contributed by atoms with Crippen molar-refractivity contribution in [1.82, 2.24) is 9.80 Å². The van der Waals surface area contributed by atoms with Gasteiger partial charge in [-0.15, -0.1) is 0 Å². The van der Waals surface area contributed by atoms with E-state index in [4.69, 9.17) is 4.74 Å². The topological polar surface area (TPSA) is 15.7 Å². The molecule has 0 N–H and O–H groups in total. The Balaban J connectivity index is 1.23. The summed E-state index contributed by atoms with van der Waals surface area (Å²) in [7, 11) is 0. The zero-order valence-corrected chi connectivity index (χ0v) is 18.4. The van der Waals surface area contributed by atoms with Crippen LogP contribution in [-0.2, 0) is 4.74 Å². The first-order chi connectivity index (χ1) is 15.8. The van der Waals surface area contributed by atoms with Crippen molar-refractivity contribution in [2.45, 2.75) is 6.10 Å². The van der Waals surface area contributed by atoms with Crippen LogP contribution in [0.2, 0.25) is 0 Å². The summed E-state index contributed by atoms with van der Waals surface area (Å²) < 4.78 is 19.7. The smallest absolute Gasteiger partial charge is 0.123 e. The maximum Gasteiger partial charge on any atom is 0.123 e. The predicted molar refractivity (Wildman–Crippen MR) is 129 cm³/mol. The van der Waals surface area contributed by atoms with Crippen molar-refractivity contribution in [3.8, 4) is 0 Å². The highest BCUT2D eigenvalue weighted by atomic mass is 19.1. The summed E-state index contributed by atoms with van der Waals surface area (Å²) in [6.45, 7) is 6.77. The first-order valence-electron chi connectivity index (χ1n) is 11.4. The molecule has 1 fully saturated rings. The largest absolute Gasteiger partial charge is 0.367 e. The van der Waals surface area contributed by atoms with E-state index in [1.165, 1.54) is 17.7 Å². The van der Waals surface area contributed by atoms with Gasteiger partial charge in [-0.3, -0.25) is 9.80 Å². The predicted octanol–water partition coefficient (Wildman–Crippen LogP) is 5.26. The number of hydrogen-bond acceptors (Lipinski definition) is 3. The summed E-state index contributed by atoms with van der Waals surface area (Å²) in [5.74, 6) is -0.225. The molecule has 1 heterocycles. The number of rotatable bonds is 9. The van der Waals surface area contributed by atoms with Crippen molar-refractivity contribution < 1.29 is 9.13 Å². The van der Waals surface area contributed by atoms with Crippen molar-refractivity contribution in [1.29, 1.82) is 0 Å². The van der Waals surface area contributed by atoms with Gasteiger partial charge in [-0.2, -0.15) is 0 Å². The van der Waals surface area contributed by atoms with Gasteiger partial charge in [-0.05, 0) is 28.8 Å². The average molecular weight is 431 g/mol. The van der Waals surface area contributed by atoms with E-state index in [1.807, 2.05) is 36.4 Å². The number of nitrogens with zero attached hydrogens (tertiary/aromatic N) is 2. The molecule has 3 aromatic rings. The molecule has 166 valence electrons. The third kappa shape index (κ3) is 6.60. The Morgan fingerprint density at radius 2 is 1.34 bits per heavy atom. The van der Waals surface area contributed by atoms with Crippen molar-refractivity contribution in [2.24, 2.45) is 0 Å². The van der Waals surface area contributed by atoms with Crippen molar-refractivity contribution in [3.63, 3.8) is 0 Å². The zero-order chi connectivity index (χ0) is 22.0.